The summed E-state index contributed by atoms with van der Waals surface area (Å²) in [5.74, 6) is -0.232. The molecule has 2 aromatic heterocycles. The third kappa shape index (κ3) is 4.14. The van der Waals surface area contributed by atoms with Crippen molar-refractivity contribution in [3.8, 4) is 0 Å². The normalized spacial score (nSPS) is 19.3. The Morgan fingerprint density at radius 3 is 2.65 bits per heavy atom. The number of likely N-dealkylation sites (N-methyl/N-ethyl adjacent to an activating group) is 1. The number of thiophene rings is 1. The predicted octanol–water partition coefficient (Wildman–Crippen LogP) is 3.54. The lowest BCUT2D eigenvalue weighted by Crippen LogP contribution is -2.42. The SMILES string of the molecule is CCOC(=O)C1CCCc2sc3nc(C)n(CC(=O)N(C)C4CCCCC4)c(=O)c3c21. The van der Waals surface area contributed by atoms with Crippen molar-refractivity contribution in [2.24, 2.45) is 0 Å². The molecule has 0 spiro atoms. The van der Waals surface area contributed by atoms with E-state index in [1.165, 1.54) is 22.3 Å². The molecule has 1 atom stereocenters. The molecule has 0 aliphatic heterocycles. The minimum absolute atomic E-state index is 0.0186. The van der Waals surface area contributed by atoms with Crippen molar-refractivity contribution in [2.75, 3.05) is 13.7 Å². The van der Waals surface area contributed by atoms with Gasteiger partial charge in [0.2, 0.25) is 5.91 Å². The maximum Gasteiger partial charge on any atom is 0.313 e. The molecule has 168 valence electrons. The highest BCUT2D eigenvalue weighted by molar-refractivity contribution is 7.18. The van der Waals surface area contributed by atoms with E-state index in [4.69, 9.17) is 4.74 Å². The van der Waals surface area contributed by atoms with E-state index in [0.29, 0.717) is 29.1 Å². The van der Waals surface area contributed by atoms with Crippen LogP contribution in [0.2, 0.25) is 0 Å². The van der Waals surface area contributed by atoms with Crippen LogP contribution in [0.5, 0.6) is 0 Å². The third-order valence-electron chi connectivity index (χ3n) is 6.74. The smallest absolute Gasteiger partial charge is 0.313 e. The van der Waals surface area contributed by atoms with Crippen molar-refractivity contribution in [1.29, 1.82) is 0 Å². The van der Waals surface area contributed by atoms with Gasteiger partial charge in [0.05, 0.1) is 17.9 Å². The number of nitrogens with zero attached hydrogens (tertiary/aromatic N) is 3. The van der Waals surface area contributed by atoms with Gasteiger partial charge in [-0.3, -0.25) is 19.0 Å². The number of hydrogen-bond donors (Lipinski definition) is 0. The summed E-state index contributed by atoms with van der Waals surface area (Å²) < 4.78 is 6.77. The van der Waals surface area contributed by atoms with Crippen LogP contribution >= 0.6 is 11.3 Å². The van der Waals surface area contributed by atoms with Crippen molar-refractivity contribution in [2.45, 2.75) is 83.7 Å². The molecule has 0 radical (unpaired) electrons. The maximum absolute atomic E-state index is 13.5. The number of hydrogen-bond acceptors (Lipinski definition) is 6. The Bertz CT molecular complexity index is 1050. The number of rotatable bonds is 5. The highest BCUT2D eigenvalue weighted by Crippen LogP contribution is 2.41. The molecule has 8 heteroatoms. The van der Waals surface area contributed by atoms with Gasteiger partial charge >= 0.3 is 5.97 Å². The quantitative estimate of drug-likeness (QED) is 0.658. The Morgan fingerprint density at radius 1 is 1.19 bits per heavy atom. The van der Waals surface area contributed by atoms with Crippen LogP contribution in [0.15, 0.2) is 4.79 Å². The number of carbonyl (C=O) groups excluding carboxylic acids is 2. The first kappa shape index (κ1) is 22.0. The van der Waals surface area contributed by atoms with Gasteiger partial charge in [-0.2, -0.15) is 0 Å². The second-order valence-electron chi connectivity index (χ2n) is 8.66. The first-order chi connectivity index (χ1) is 14.9. The lowest BCUT2D eigenvalue weighted by Gasteiger charge is -2.31. The van der Waals surface area contributed by atoms with Crippen LogP contribution in [0.1, 0.15) is 74.1 Å². The second-order valence-corrected chi connectivity index (χ2v) is 9.75. The summed E-state index contributed by atoms with van der Waals surface area (Å²) in [6.07, 6.45) is 7.96. The molecule has 7 nitrogen and oxygen atoms in total. The van der Waals surface area contributed by atoms with Crippen LogP contribution in [-0.2, 0) is 27.3 Å². The van der Waals surface area contributed by atoms with Gasteiger partial charge in [0.25, 0.3) is 5.56 Å². The molecule has 1 saturated carbocycles. The van der Waals surface area contributed by atoms with Crippen LogP contribution < -0.4 is 5.56 Å². The van der Waals surface area contributed by atoms with E-state index < -0.39 is 5.92 Å². The first-order valence-corrected chi connectivity index (χ1v) is 12.2. The summed E-state index contributed by atoms with van der Waals surface area (Å²) in [6, 6.07) is 0.246. The van der Waals surface area contributed by atoms with Crippen LogP contribution in [-0.4, -0.2) is 46.0 Å². The molecule has 0 aromatic carbocycles. The molecule has 2 aliphatic rings. The number of aryl methyl sites for hydroxylation is 2. The third-order valence-corrected chi connectivity index (χ3v) is 7.90. The van der Waals surface area contributed by atoms with Gasteiger partial charge in [-0.25, -0.2) is 4.98 Å². The molecule has 4 rings (SSSR count). The first-order valence-electron chi connectivity index (χ1n) is 11.4. The van der Waals surface area contributed by atoms with Gasteiger partial charge in [0.15, 0.2) is 0 Å². The minimum Gasteiger partial charge on any atom is -0.466 e. The van der Waals surface area contributed by atoms with Crippen molar-refractivity contribution in [3.63, 3.8) is 0 Å². The van der Waals surface area contributed by atoms with E-state index in [-0.39, 0.29) is 30.0 Å². The molecule has 2 aliphatic carbocycles. The molecule has 1 unspecified atom stereocenters. The fourth-order valence-electron chi connectivity index (χ4n) is 5.00. The largest absolute Gasteiger partial charge is 0.466 e. The number of fused-ring (bicyclic) bond motifs is 3. The number of amides is 1. The number of ether oxygens (including phenoxy) is 1. The Hall–Kier alpha value is -2.22. The molecular weight excluding hydrogens is 414 g/mol. The molecule has 0 saturated heterocycles. The van der Waals surface area contributed by atoms with Gasteiger partial charge in [0.1, 0.15) is 17.2 Å². The zero-order chi connectivity index (χ0) is 22.1. The average Bonchev–Trinajstić information content (AvgIpc) is 3.14. The Balaban J connectivity index is 1.70. The highest BCUT2D eigenvalue weighted by atomic mass is 32.1. The lowest BCUT2D eigenvalue weighted by molar-refractivity contribution is -0.145. The molecule has 1 fully saturated rings. The Kier molecular flexibility index (Phi) is 6.46. The zero-order valence-electron chi connectivity index (χ0n) is 18.6. The van der Waals surface area contributed by atoms with Crippen LogP contribution in [0.25, 0.3) is 10.2 Å². The highest BCUT2D eigenvalue weighted by Gasteiger charge is 2.33. The van der Waals surface area contributed by atoms with E-state index in [9.17, 15) is 14.4 Å². The van der Waals surface area contributed by atoms with Crippen LogP contribution in [0.3, 0.4) is 0 Å². The topological polar surface area (TPSA) is 81.5 Å². The van der Waals surface area contributed by atoms with Crippen molar-refractivity contribution in [1.82, 2.24) is 14.5 Å². The van der Waals surface area contributed by atoms with Gasteiger partial charge < -0.3 is 9.64 Å². The standard InChI is InChI=1S/C23H31N3O4S/c1-4-30-23(29)16-11-8-12-17-19(16)20-21(31-17)24-14(2)26(22(20)28)13-18(27)25(3)15-9-6-5-7-10-15/h15-16H,4-13H2,1-3H3. The van der Waals surface area contributed by atoms with Crippen molar-refractivity contribution in [3.05, 3.63) is 26.6 Å². The van der Waals surface area contributed by atoms with Crippen LogP contribution in [0, 0.1) is 6.92 Å². The minimum atomic E-state index is -0.427. The molecule has 2 aromatic rings. The van der Waals surface area contributed by atoms with E-state index >= 15 is 0 Å². The molecule has 1 amide bonds. The zero-order valence-corrected chi connectivity index (χ0v) is 19.4. The summed E-state index contributed by atoms with van der Waals surface area (Å²) in [5, 5.41) is 0.497. The average molecular weight is 446 g/mol. The van der Waals surface area contributed by atoms with E-state index in [1.807, 2.05) is 7.05 Å². The van der Waals surface area contributed by atoms with Gasteiger partial charge in [-0.15, -0.1) is 11.3 Å². The molecule has 31 heavy (non-hydrogen) atoms. The molecule has 2 heterocycles. The fourth-order valence-corrected chi connectivity index (χ4v) is 6.31. The monoisotopic (exact) mass is 445 g/mol. The predicted molar refractivity (Wildman–Crippen MR) is 121 cm³/mol. The summed E-state index contributed by atoms with van der Waals surface area (Å²) >= 11 is 1.50. The van der Waals surface area contributed by atoms with Gasteiger partial charge in [-0.05, 0) is 51.5 Å². The fraction of sp³-hybridized carbons (Fsp3) is 0.652. The van der Waals surface area contributed by atoms with E-state index in [2.05, 4.69) is 4.98 Å². The maximum atomic E-state index is 13.5. The van der Waals surface area contributed by atoms with E-state index in [1.54, 1.807) is 18.7 Å². The molecule has 0 N–H and O–H groups in total. The molecule has 0 bridgehead atoms. The van der Waals surface area contributed by atoms with E-state index in [0.717, 1.165) is 49.0 Å². The lowest BCUT2D eigenvalue weighted by atomic mass is 9.86. The second kappa shape index (κ2) is 9.10. The Morgan fingerprint density at radius 2 is 1.94 bits per heavy atom. The summed E-state index contributed by atoms with van der Waals surface area (Å²) in [5.41, 5.74) is 0.561. The van der Waals surface area contributed by atoms with Crippen molar-refractivity contribution < 1.29 is 14.3 Å². The summed E-state index contributed by atoms with van der Waals surface area (Å²) in [7, 11) is 1.84. The number of aromatic nitrogens is 2. The van der Waals surface area contributed by atoms with Gasteiger partial charge in [0, 0.05) is 18.0 Å². The van der Waals surface area contributed by atoms with Crippen molar-refractivity contribution >= 4 is 33.4 Å². The van der Waals surface area contributed by atoms with Gasteiger partial charge in [-0.1, -0.05) is 19.3 Å². The Labute approximate surface area is 186 Å². The summed E-state index contributed by atoms with van der Waals surface area (Å²) in [6.45, 7) is 3.86. The number of esters is 1. The molecular formula is C23H31N3O4S. The number of carbonyl (C=O) groups is 2. The van der Waals surface area contributed by atoms with Crippen LogP contribution in [0.4, 0.5) is 0 Å². The summed E-state index contributed by atoms with van der Waals surface area (Å²) in [4.78, 5) is 47.3.